The van der Waals surface area contributed by atoms with Gasteiger partial charge in [0.05, 0.1) is 19.8 Å². The molecule has 0 aromatic rings. The lowest BCUT2D eigenvalue weighted by atomic mass is 10.5. The zero-order valence-electron chi connectivity index (χ0n) is 8.88. The fourth-order valence-corrected chi connectivity index (χ4v) is 2.86. The van der Waals surface area contributed by atoms with Gasteiger partial charge in [-0.1, -0.05) is 0 Å². The number of hydrogen-bond acceptors (Lipinski definition) is 6. The Morgan fingerprint density at radius 1 is 1.27 bits per heavy atom. The zero-order chi connectivity index (χ0) is 11.7. The van der Waals surface area contributed by atoms with E-state index in [0.29, 0.717) is 19.6 Å². The van der Waals surface area contributed by atoms with Gasteiger partial charge in [-0.2, -0.15) is 0 Å². The number of hydrogen-bond donors (Lipinski definition) is 0. The van der Waals surface area contributed by atoms with E-state index in [1.807, 2.05) is 0 Å². The van der Waals surface area contributed by atoms with Crippen LogP contribution in [0.3, 0.4) is 0 Å². The van der Waals surface area contributed by atoms with Crippen molar-refractivity contribution in [3.63, 3.8) is 0 Å². The molecule has 0 unspecified atom stereocenters. The van der Waals surface area contributed by atoms with Crippen LogP contribution in [-0.4, -0.2) is 31.3 Å². The first-order chi connectivity index (χ1) is 7.04. The van der Waals surface area contributed by atoms with Crippen molar-refractivity contribution in [3.05, 3.63) is 10.1 Å². The molecule has 0 rings (SSSR count). The van der Waals surface area contributed by atoms with Crippen LogP contribution in [-0.2, 0) is 25.4 Å². The van der Waals surface area contributed by atoms with Crippen LogP contribution in [0.5, 0.6) is 0 Å². The Morgan fingerprint density at radius 2 is 1.80 bits per heavy atom. The Morgan fingerprint density at radius 3 is 2.20 bits per heavy atom. The van der Waals surface area contributed by atoms with E-state index in [0.717, 1.165) is 0 Å². The number of nitrogens with zero attached hydrogens (tertiary/aromatic N) is 1. The van der Waals surface area contributed by atoms with E-state index in [2.05, 4.69) is 0 Å². The van der Waals surface area contributed by atoms with Crippen molar-refractivity contribution in [1.29, 1.82) is 0 Å². The second-order valence-corrected chi connectivity index (χ2v) is 5.54. The molecule has 6 nitrogen and oxygen atoms in total. The van der Waals surface area contributed by atoms with Gasteiger partial charge in [0.1, 0.15) is 0 Å². The van der Waals surface area contributed by atoms with Crippen LogP contribution in [0, 0.1) is 10.1 Å². The summed E-state index contributed by atoms with van der Waals surface area (Å²) >= 11 is 5.05. The maximum Gasteiger partial charge on any atom is 0.327 e. The van der Waals surface area contributed by atoms with Crippen LogP contribution < -0.4 is 0 Å². The van der Waals surface area contributed by atoms with Gasteiger partial charge in [-0.15, -0.1) is 0 Å². The highest BCUT2D eigenvalue weighted by atomic mass is 32.5. The van der Waals surface area contributed by atoms with Gasteiger partial charge in [0.15, 0.2) is 0 Å². The predicted molar refractivity (Wildman–Crippen MR) is 60.0 cm³/mol. The zero-order valence-corrected chi connectivity index (χ0v) is 10.6. The summed E-state index contributed by atoms with van der Waals surface area (Å²) in [5.74, 6) is 0. The predicted octanol–water partition coefficient (Wildman–Crippen LogP) is 1.97. The highest BCUT2D eigenvalue weighted by molar-refractivity contribution is 8.07. The van der Waals surface area contributed by atoms with E-state index in [-0.39, 0.29) is 13.2 Å². The molecule has 0 aliphatic rings. The van der Waals surface area contributed by atoms with Crippen molar-refractivity contribution in [2.24, 2.45) is 0 Å². The van der Waals surface area contributed by atoms with Crippen LogP contribution >= 0.6 is 6.72 Å². The average Bonchev–Trinajstić information content (AvgIpc) is 2.13. The quantitative estimate of drug-likeness (QED) is 0.272. The molecular formula is C7H16NO5PS. The summed E-state index contributed by atoms with van der Waals surface area (Å²) in [6.45, 7) is 1.80. The Balaban J connectivity index is 3.85. The molecular weight excluding hydrogens is 241 g/mol. The maximum absolute atomic E-state index is 10.0. The van der Waals surface area contributed by atoms with E-state index in [1.54, 1.807) is 13.8 Å². The number of nitro groups is 1. The molecule has 0 heterocycles. The fraction of sp³-hybridized carbons (Fsp3) is 1.00. The Kier molecular flexibility index (Phi) is 8.09. The minimum Gasteiger partial charge on any atom is -0.309 e. The molecule has 0 aliphatic heterocycles. The molecule has 0 atom stereocenters. The fourth-order valence-electron chi connectivity index (χ4n) is 0.798. The Hall–Kier alpha value is -0.0700. The summed E-state index contributed by atoms with van der Waals surface area (Å²) in [7, 11) is 0. The minimum atomic E-state index is -2.67. The molecule has 0 fully saturated rings. The highest BCUT2D eigenvalue weighted by Gasteiger charge is 2.19. The van der Waals surface area contributed by atoms with E-state index >= 15 is 0 Å². The van der Waals surface area contributed by atoms with Gasteiger partial charge in [-0.25, -0.2) is 0 Å². The van der Waals surface area contributed by atoms with E-state index in [4.69, 9.17) is 25.4 Å². The average molecular weight is 257 g/mol. The number of rotatable bonds is 9. The Bertz CT molecular complexity index is 227. The largest absolute Gasteiger partial charge is 0.327 e. The molecule has 0 aromatic heterocycles. The van der Waals surface area contributed by atoms with Gasteiger partial charge in [-0.05, 0) is 25.7 Å². The lowest BCUT2D eigenvalue weighted by molar-refractivity contribution is -0.480. The topological polar surface area (TPSA) is 70.8 Å². The van der Waals surface area contributed by atoms with Gasteiger partial charge in [-0.3, -0.25) is 10.1 Å². The molecule has 0 aromatic carbocycles. The third-order valence-electron chi connectivity index (χ3n) is 1.31. The van der Waals surface area contributed by atoms with E-state index < -0.39 is 11.6 Å². The smallest absolute Gasteiger partial charge is 0.309 e. The van der Waals surface area contributed by atoms with Crippen LogP contribution in [0.4, 0.5) is 0 Å². The van der Waals surface area contributed by atoms with Crippen molar-refractivity contribution >= 4 is 18.5 Å². The minimum absolute atomic E-state index is 0.131. The monoisotopic (exact) mass is 257 g/mol. The third kappa shape index (κ3) is 7.81. The van der Waals surface area contributed by atoms with Crippen molar-refractivity contribution in [2.45, 2.75) is 20.3 Å². The summed E-state index contributed by atoms with van der Waals surface area (Å²) in [6.07, 6.45) is 0.311. The first-order valence-corrected chi connectivity index (χ1v) is 7.25. The molecule has 0 aliphatic carbocycles. The molecule has 90 valence electrons. The Labute approximate surface area is 94.3 Å². The summed E-state index contributed by atoms with van der Waals surface area (Å²) in [6, 6.07) is 0. The normalized spacial score (nSPS) is 11.6. The molecule has 0 spiro atoms. The van der Waals surface area contributed by atoms with Crippen LogP contribution in [0.25, 0.3) is 0 Å². The molecule has 0 bridgehead atoms. The standard InChI is InChI=1S/C7H16NO5PS/c1-3-11-14(15,12-4-2)13-7-5-6-8(9)10/h3-7H2,1-2H3. The summed E-state index contributed by atoms with van der Waals surface area (Å²) in [5, 5.41) is 10.0. The molecule has 0 amide bonds. The van der Waals surface area contributed by atoms with Crippen molar-refractivity contribution in [3.8, 4) is 0 Å². The van der Waals surface area contributed by atoms with Gasteiger partial charge < -0.3 is 13.6 Å². The molecule has 8 heteroatoms. The van der Waals surface area contributed by atoms with Crippen molar-refractivity contribution in [2.75, 3.05) is 26.4 Å². The van der Waals surface area contributed by atoms with Gasteiger partial charge in [0.2, 0.25) is 6.54 Å². The molecule has 15 heavy (non-hydrogen) atoms. The van der Waals surface area contributed by atoms with E-state index in [1.165, 1.54) is 0 Å². The van der Waals surface area contributed by atoms with Gasteiger partial charge in [0, 0.05) is 11.3 Å². The lowest BCUT2D eigenvalue weighted by Crippen LogP contribution is -2.06. The van der Waals surface area contributed by atoms with Gasteiger partial charge in [0.25, 0.3) is 0 Å². The molecule has 0 radical (unpaired) electrons. The lowest BCUT2D eigenvalue weighted by Gasteiger charge is -2.19. The van der Waals surface area contributed by atoms with Crippen molar-refractivity contribution < 1.29 is 18.5 Å². The second kappa shape index (κ2) is 8.13. The molecule has 0 saturated heterocycles. The summed E-state index contributed by atoms with van der Waals surface area (Å²) in [4.78, 5) is 9.65. The maximum atomic E-state index is 10.0. The summed E-state index contributed by atoms with van der Waals surface area (Å²) < 4.78 is 15.6. The van der Waals surface area contributed by atoms with Crippen LogP contribution in [0.1, 0.15) is 20.3 Å². The highest BCUT2D eigenvalue weighted by Crippen LogP contribution is 2.49. The molecule has 0 N–H and O–H groups in total. The molecule has 0 saturated carbocycles. The first kappa shape index (κ1) is 14.9. The first-order valence-electron chi connectivity index (χ1n) is 4.69. The summed E-state index contributed by atoms with van der Waals surface area (Å²) in [5.41, 5.74) is 0. The van der Waals surface area contributed by atoms with Gasteiger partial charge >= 0.3 is 6.72 Å². The van der Waals surface area contributed by atoms with Crippen LogP contribution in [0.15, 0.2) is 0 Å². The van der Waals surface area contributed by atoms with Crippen LogP contribution in [0.2, 0.25) is 0 Å². The van der Waals surface area contributed by atoms with E-state index in [9.17, 15) is 10.1 Å². The third-order valence-corrected chi connectivity index (χ3v) is 3.91. The SMILES string of the molecule is CCOP(=S)(OCC)OCCC[N+](=O)[O-]. The second-order valence-electron chi connectivity index (χ2n) is 2.53. The van der Waals surface area contributed by atoms with Crippen molar-refractivity contribution in [1.82, 2.24) is 0 Å².